The second kappa shape index (κ2) is 7.94. The van der Waals surface area contributed by atoms with E-state index in [0.29, 0.717) is 0 Å². The van der Waals surface area contributed by atoms with E-state index in [-0.39, 0.29) is 43.4 Å². The van der Waals surface area contributed by atoms with Crippen LogP contribution in [0, 0.1) is 6.92 Å². The van der Waals surface area contributed by atoms with Crippen molar-refractivity contribution >= 4 is 22.0 Å². The van der Waals surface area contributed by atoms with Gasteiger partial charge in [0.15, 0.2) is 0 Å². The SMILES string of the molecule is Cc1ccc(O)c(C(=O)N2CCN(S(=O)(=O)C=Cc3ccccc3)CC2)c1. The fourth-order valence-electron chi connectivity index (χ4n) is 2.95. The molecule has 0 unspecified atom stereocenters. The minimum Gasteiger partial charge on any atom is -0.507 e. The normalized spacial score (nSPS) is 16.0. The van der Waals surface area contributed by atoms with Crippen molar-refractivity contribution in [3.8, 4) is 5.75 Å². The van der Waals surface area contributed by atoms with Crippen molar-refractivity contribution in [3.05, 3.63) is 70.6 Å². The third kappa shape index (κ3) is 4.56. The Morgan fingerprint density at radius 3 is 2.37 bits per heavy atom. The molecule has 3 rings (SSSR count). The Kier molecular flexibility index (Phi) is 5.62. The van der Waals surface area contributed by atoms with Crippen LogP contribution in [-0.2, 0) is 10.0 Å². The summed E-state index contributed by atoms with van der Waals surface area (Å²) in [5.74, 6) is -0.348. The molecular formula is C20H22N2O4S. The molecule has 1 fully saturated rings. The third-order valence-electron chi connectivity index (χ3n) is 4.50. The number of sulfonamides is 1. The Morgan fingerprint density at radius 1 is 1.04 bits per heavy atom. The first-order chi connectivity index (χ1) is 12.9. The maximum absolute atomic E-state index is 12.6. The van der Waals surface area contributed by atoms with Gasteiger partial charge in [-0.05, 0) is 30.7 Å². The van der Waals surface area contributed by atoms with Crippen LogP contribution in [0.3, 0.4) is 0 Å². The summed E-state index contributed by atoms with van der Waals surface area (Å²) in [6, 6.07) is 14.1. The monoisotopic (exact) mass is 386 g/mol. The van der Waals surface area contributed by atoms with E-state index in [1.807, 2.05) is 37.3 Å². The molecule has 2 aromatic carbocycles. The van der Waals surface area contributed by atoms with Gasteiger partial charge in [0.25, 0.3) is 5.91 Å². The molecule has 0 radical (unpaired) electrons. The second-order valence-corrected chi connectivity index (χ2v) is 8.29. The van der Waals surface area contributed by atoms with Crippen molar-refractivity contribution in [1.29, 1.82) is 0 Å². The van der Waals surface area contributed by atoms with Crippen molar-refractivity contribution in [3.63, 3.8) is 0 Å². The summed E-state index contributed by atoms with van der Waals surface area (Å²) in [7, 11) is -3.54. The number of aryl methyl sites for hydroxylation is 1. The highest BCUT2D eigenvalue weighted by Gasteiger charge is 2.28. The van der Waals surface area contributed by atoms with E-state index >= 15 is 0 Å². The maximum Gasteiger partial charge on any atom is 0.257 e. The first kappa shape index (κ1) is 19.1. The highest BCUT2D eigenvalue weighted by Crippen LogP contribution is 2.21. The van der Waals surface area contributed by atoms with E-state index in [9.17, 15) is 18.3 Å². The van der Waals surface area contributed by atoms with Gasteiger partial charge in [0.05, 0.1) is 5.56 Å². The molecule has 0 saturated carbocycles. The average Bonchev–Trinajstić information content (AvgIpc) is 2.69. The molecule has 0 spiro atoms. The zero-order chi connectivity index (χ0) is 19.4. The molecule has 2 aromatic rings. The smallest absolute Gasteiger partial charge is 0.257 e. The van der Waals surface area contributed by atoms with Gasteiger partial charge in [-0.2, -0.15) is 4.31 Å². The van der Waals surface area contributed by atoms with E-state index in [0.717, 1.165) is 11.1 Å². The molecule has 1 amide bonds. The van der Waals surface area contributed by atoms with E-state index in [2.05, 4.69) is 0 Å². The Bertz CT molecular complexity index is 947. The number of nitrogens with zero attached hydrogens (tertiary/aromatic N) is 2. The van der Waals surface area contributed by atoms with Gasteiger partial charge in [0, 0.05) is 31.6 Å². The lowest BCUT2D eigenvalue weighted by molar-refractivity contribution is 0.0695. The fraction of sp³-hybridized carbons (Fsp3) is 0.250. The topological polar surface area (TPSA) is 77.9 Å². The molecule has 0 atom stereocenters. The van der Waals surface area contributed by atoms with E-state index in [1.54, 1.807) is 23.1 Å². The average molecular weight is 386 g/mol. The van der Waals surface area contributed by atoms with Crippen molar-refractivity contribution in [2.45, 2.75) is 6.92 Å². The van der Waals surface area contributed by atoms with Gasteiger partial charge in [0.1, 0.15) is 5.75 Å². The zero-order valence-corrected chi connectivity index (χ0v) is 15.9. The van der Waals surface area contributed by atoms with Crippen LogP contribution < -0.4 is 0 Å². The number of phenols is 1. The number of benzene rings is 2. The molecule has 6 nitrogen and oxygen atoms in total. The molecular weight excluding hydrogens is 364 g/mol. The van der Waals surface area contributed by atoms with Crippen LogP contribution in [0.15, 0.2) is 53.9 Å². The highest BCUT2D eigenvalue weighted by atomic mass is 32.2. The predicted octanol–water partition coefficient (Wildman–Crippen LogP) is 2.46. The molecule has 1 saturated heterocycles. The largest absolute Gasteiger partial charge is 0.507 e. The van der Waals surface area contributed by atoms with Gasteiger partial charge in [0.2, 0.25) is 10.0 Å². The minimum atomic E-state index is -3.54. The summed E-state index contributed by atoms with van der Waals surface area (Å²) in [6.07, 6.45) is 1.57. The van der Waals surface area contributed by atoms with E-state index in [4.69, 9.17) is 0 Å². The van der Waals surface area contributed by atoms with Crippen LogP contribution in [0.4, 0.5) is 0 Å². The quantitative estimate of drug-likeness (QED) is 0.876. The molecule has 0 bridgehead atoms. The Morgan fingerprint density at radius 2 is 1.70 bits per heavy atom. The number of aromatic hydroxyl groups is 1. The minimum absolute atomic E-state index is 0.0635. The number of piperazine rings is 1. The van der Waals surface area contributed by atoms with Gasteiger partial charge >= 0.3 is 0 Å². The summed E-state index contributed by atoms with van der Waals surface area (Å²) < 4.78 is 26.4. The molecule has 7 heteroatoms. The van der Waals surface area contributed by atoms with E-state index < -0.39 is 10.0 Å². The van der Waals surface area contributed by atoms with Crippen molar-refractivity contribution in [2.75, 3.05) is 26.2 Å². The Labute approximate surface area is 159 Å². The van der Waals surface area contributed by atoms with Gasteiger partial charge in [-0.1, -0.05) is 42.0 Å². The standard InChI is InChI=1S/C20H22N2O4S/c1-16-7-8-19(23)18(15-16)20(24)21-10-12-22(13-11-21)27(25,26)14-9-17-5-3-2-4-6-17/h2-9,14-15,23H,10-13H2,1H3. The lowest BCUT2D eigenvalue weighted by Crippen LogP contribution is -2.50. The third-order valence-corrected chi connectivity index (χ3v) is 6.07. The van der Waals surface area contributed by atoms with Crippen molar-refractivity contribution in [2.24, 2.45) is 0 Å². The molecule has 1 aliphatic heterocycles. The predicted molar refractivity (Wildman–Crippen MR) is 105 cm³/mol. The van der Waals surface area contributed by atoms with Gasteiger partial charge in [-0.3, -0.25) is 4.79 Å². The highest BCUT2D eigenvalue weighted by molar-refractivity contribution is 7.92. The molecule has 142 valence electrons. The zero-order valence-electron chi connectivity index (χ0n) is 15.1. The summed E-state index contributed by atoms with van der Waals surface area (Å²) in [6.45, 7) is 2.86. The summed E-state index contributed by atoms with van der Waals surface area (Å²) in [5.41, 5.74) is 1.93. The second-order valence-electron chi connectivity index (χ2n) is 6.47. The van der Waals surface area contributed by atoms with Gasteiger partial charge in [-0.15, -0.1) is 0 Å². The lowest BCUT2D eigenvalue weighted by atomic mass is 10.1. The van der Waals surface area contributed by atoms with Crippen molar-refractivity contribution in [1.82, 2.24) is 9.21 Å². The summed E-state index contributed by atoms with van der Waals surface area (Å²) in [5, 5.41) is 11.1. The summed E-state index contributed by atoms with van der Waals surface area (Å²) in [4.78, 5) is 14.2. The number of hydrogen-bond acceptors (Lipinski definition) is 4. The van der Waals surface area contributed by atoms with Gasteiger partial charge in [-0.25, -0.2) is 8.42 Å². The van der Waals surface area contributed by atoms with Gasteiger partial charge < -0.3 is 10.0 Å². The van der Waals surface area contributed by atoms with Crippen molar-refractivity contribution < 1.29 is 18.3 Å². The van der Waals surface area contributed by atoms with Crippen LogP contribution in [0.5, 0.6) is 5.75 Å². The Hall–Kier alpha value is -2.64. The van der Waals surface area contributed by atoms with Crippen LogP contribution >= 0.6 is 0 Å². The molecule has 1 aliphatic rings. The molecule has 0 aliphatic carbocycles. The number of carbonyl (C=O) groups is 1. The molecule has 1 N–H and O–H groups in total. The lowest BCUT2D eigenvalue weighted by Gasteiger charge is -2.33. The molecule has 0 aromatic heterocycles. The maximum atomic E-state index is 12.6. The first-order valence-electron chi connectivity index (χ1n) is 8.69. The molecule has 27 heavy (non-hydrogen) atoms. The van der Waals surface area contributed by atoms with E-state index in [1.165, 1.54) is 15.8 Å². The number of phenolic OH excluding ortho intramolecular Hbond substituents is 1. The van der Waals surface area contributed by atoms with Crippen LogP contribution in [0.1, 0.15) is 21.5 Å². The number of amides is 1. The van der Waals surface area contributed by atoms with Crippen LogP contribution in [0.2, 0.25) is 0 Å². The number of hydrogen-bond donors (Lipinski definition) is 1. The fourth-order valence-corrected chi connectivity index (χ4v) is 4.13. The van der Waals surface area contributed by atoms with Crippen LogP contribution in [-0.4, -0.2) is 54.8 Å². The number of carbonyl (C=O) groups excluding carboxylic acids is 1. The first-order valence-corrected chi connectivity index (χ1v) is 10.2. The number of rotatable bonds is 4. The Balaban J connectivity index is 1.65. The van der Waals surface area contributed by atoms with Crippen LogP contribution in [0.25, 0.3) is 6.08 Å². The molecule has 1 heterocycles. The summed E-state index contributed by atoms with van der Waals surface area (Å²) >= 11 is 0.